The van der Waals surface area contributed by atoms with Crippen molar-refractivity contribution in [3.05, 3.63) is 12.3 Å². The van der Waals surface area contributed by atoms with E-state index in [1.54, 1.807) is 12.3 Å². The van der Waals surface area contributed by atoms with Crippen LogP contribution in [0, 0.1) is 11.3 Å². The van der Waals surface area contributed by atoms with Gasteiger partial charge in [0.05, 0.1) is 25.2 Å². The van der Waals surface area contributed by atoms with Crippen molar-refractivity contribution in [1.29, 1.82) is 0 Å². The maximum absolute atomic E-state index is 12.0. The second-order valence-electron chi connectivity index (χ2n) is 6.89. The first-order valence-corrected chi connectivity index (χ1v) is 9.13. The molecule has 0 saturated heterocycles. The number of unbranched alkanes of at least 4 members (excludes halogenated alkanes) is 3. The second kappa shape index (κ2) is 10.9. The topological polar surface area (TPSA) is 70.5 Å². The van der Waals surface area contributed by atoms with Crippen molar-refractivity contribution in [2.24, 2.45) is 11.3 Å². The minimum Gasteiger partial charge on any atom is -0.478 e. The van der Waals surface area contributed by atoms with Gasteiger partial charge >= 0.3 is 12.0 Å². The molecule has 1 rings (SSSR count). The number of rotatable bonds is 12. The molecular weight excluding hydrogens is 320 g/mol. The predicted octanol–water partition coefficient (Wildman–Crippen LogP) is 4.04. The third kappa shape index (κ3) is 7.71. The van der Waals surface area contributed by atoms with E-state index in [-0.39, 0.29) is 11.9 Å². The largest absolute Gasteiger partial charge is 0.478 e. The van der Waals surface area contributed by atoms with E-state index in [1.165, 1.54) is 0 Å². The Morgan fingerprint density at radius 1 is 1.12 bits per heavy atom. The number of hydrogen-bond acceptors (Lipinski definition) is 6. The Bertz CT molecular complexity index is 518. The minimum absolute atomic E-state index is 0.111. The summed E-state index contributed by atoms with van der Waals surface area (Å²) in [6.07, 6.45) is 5.46. The van der Waals surface area contributed by atoms with Crippen molar-refractivity contribution in [3.8, 4) is 11.9 Å². The molecule has 1 aromatic heterocycles. The molecule has 1 aromatic rings. The molecule has 6 nitrogen and oxygen atoms in total. The number of esters is 1. The van der Waals surface area contributed by atoms with Crippen LogP contribution in [0.2, 0.25) is 0 Å². The summed E-state index contributed by atoms with van der Waals surface area (Å²) in [6, 6.07) is 2.06. The summed E-state index contributed by atoms with van der Waals surface area (Å²) in [6.45, 7) is 11.4. The van der Waals surface area contributed by atoms with Gasteiger partial charge < -0.3 is 14.2 Å². The quantitative estimate of drug-likeness (QED) is 0.418. The number of hydrogen-bond donors (Lipinski definition) is 0. The van der Waals surface area contributed by atoms with Gasteiger partial charge in [0.1, 0.15) is 0 Å². The summed E-state index contributed by atoms with van der Waals surface area (Å²) in [5.74, 6) is 0.685. The molecule has 0 aliphatic heterocycles. The van der Waals surface area contributed by atoms with E-state index >= 15 is 0 Å². The lowest BCUT2D eigenvalue weighted by Crippen LogP contribution is -2.32. The molecule has 0 aromatic carbocycles. The lowest BCUT2D eigenvalue weighted by molar-refractivity contribution is -0.156. The minimum atomic E-state index is -0.425. The third-order valence-corrected chi connectivity index (χ3v) is 4.37. The first-order chi connectivity index (χ1) is 11.9. The van der Waals surface area contributed by atoms with Crippen LogP contribution >= 0.6 is 0 Å². The van der Waals surface area contributed by atoms with Crippen LogP contribution in [0.1, 0.15) is 60.3 Å². The monoisotopic (exact) mass is 352 g/mol. The van der Waals surface area contributed by atoms with Crippen LogP contribution < -0.4 is 9.47 Å². The number of carbonyl (C=O) groups excluding carboxylic acids is 1. The summed E-state index contributed by atoms with van der Waals surface area (Å²) in [5.41, 5.74) is -0.425. The number of aromatic nitrogens is 2. The van der Waals surface area contributed by atoms with Gasteiger partial charge in [-0.05, 0) is 52.4 Å². The molecule has 0 N–H and O–H groups in total. The zero-order valence-corrected chi connectivity index (χ0v) is 16.2. The van der Waals surface area contributed by atoms with Crippen molar-refractivity contribution < 1.29 is 19.0 Å². The summed E-state index contributed by atoms with van der Waals surface area (Å²) in [7, 11) is 0. The SMILES string of the molecule is CCOc1nccc(OCCCCCCOC(=O)C(C)(C)C(C)C)n1. The molecule has 0 spiro atoms. The highest BCUT2D eigenvalue weighted by Gasteiger charge is 2.32. The smallest absolute Gasteiger partial charge is 0.319 e. The molecule has 0 saturated carbocycles. The second-order valence-corrected chi connectivity index (χ2v) is 6.89. The Balaban J connectivity index is 2.09. The van der Waals surface area contributed by atoms with E-state index in [0.29, 0.717) is 31.7 Å². The normalized spacial score (nSPS) is 11.4. The molecule has 0 amide bonds. The third-order valence-electron chi connectivity index (χ3n) is 4.37. The van der Waals surface area contributed by atoms with Gasteiger partial charge in [-0.15, -0.1) is 0 Å². The molecule has 0 aliphatic rings. The van der Waals surface area contributed by atoms with E-state index in [9.17, 15) is 4.79 Å². The standard InChI is InChI=1S/C19H32N2O4/c1-6-23-18-20-12-11-16(21-18)24-13-9-7-8-10-14-25-17(22)19(4,5)15(2)3/h11-12,15H,6-10,13-14H2,1-5H3. The van der Waals surface area contributed by atoms with E-state index in [4.69, 9.17) is 14.2 Å². The first kappa shape index (κ1) is 21.2. The van der Waals surface area contributed by atoms with Gasteiger partial charge in [0, 0.05) is 12.3 Å². The average molecular weight is 352 g/mol. The van der Waals surface area contributed by atoms with Crippen LogP contribution in [0.15, 0.2) is 12.3 Å². The van der Waals surface area contributed by atoms with Crippen LogP contribution in [0.5, 0.6) is 11.9 Å². The number of ether oxygens (including phenoxy) is 3. The van der Waals surface area contributed by atoms with E-state index in [0.717, 1.165) is 25.7 Å². The van der Waals surface area contributed by atoms with Gasteiger partial charge in [0.25, 0.3) is 0 Å². The Morgan fingerprint density at radius 3 is 2.44 bits per heavy atom. The Morgan fingerprint density at radius 2 is 1.80 bits per heavy atom. The summed E-state index contributed by atoms with van der Waals surface area (Å²) in [5, 5.41) is 0. The van der Waals surface area contributed by atoms with Gasteiger partial charge in [-0.2, -0.15) is 4.98 Å². The summed E-state index contributed by atoms with van der Waals surface area (Å²) in [4.78, 5) is 20.2. The van der Waals surface area contributed by atoms with E-state index in [1.807, 2.05) is 34.6 Å². The average Bonchev–Trinajstić information content (AvgIpc) is 2.57. The summed E-state index contributed by atoms with van der Waals surface area (Å²) >= 11 is 0. The van der Waals surface area contributed by atoms with Crippen molar-refractivity contribution in [1.82, 2.24) is 9.97 Å². The fourth-order valence-electron chi connectivity index (χ4n) is 1.93. The lowest BCUT2D eigenvalue weighted by Gasteiger charge is -2.26. The molecule has 0 radical (unpaired) electrons. The molecule has 6 heteroatoms. The highest BCUT2D eigenvalue weighted by molar-refractivity contribution is 5.76. The van der Waals surface area contributed by atoms with Gasteiger partial charge in [-0.3, -0.25) is 4.79 Å². The molecule has 0 bridgehead atoms. The molecule has 142 valence electrons. The molecular formula is C19H32N2O4. The van der Waals surface area contributed by atoms with Crippen LogP contribution in [0.4, 0.5) is 0 Å². The molecule has 25 heavy (non-hydrogen) atoms. The van der Waals surface area contributed by atoms with Crippen molar-refractivity contribution >= 4 is 5.97 Å². The number of nitrogens with zero attached hydrogens (tertiary/aromatic N) is 2. The highest BCUT2D eigenvalue weighted by Crippen LogP contribution is 2.27. The maximum atomic E-state index is 12.0. The first-order valence-electron chi connectivity index (χ1n) is 9.13. The lowest BCUT2D eigenvalue weighted by atomic mass is 9.81. The van der Waals surface area contributed by atoms with Crippen LogP contribution in [-0.2, 0) is 9.53 Å². The molecule has 0 aliphatic carbocycles. The van der Waals surface area contributed by atoms with Gasteiger partial charge in [0.2, 0.25) is 5.88 Å². The van der Waals surface area contributed by atoms with Crippen molar-refractivity contribution in [3.63, 3.8) is 0 Å². The van der Waals surface area contributed by atoms with Crippen LogP contribution in [0.3, 0.4) is 0 Å². The number of carbonyl (C=O) groups is 1. The fraction of sp³-hybridized carbons (Fsp3) is 0.737. The van der Waals surface area contributed by atoms with E-state index < -0.39 is 5.41 Å². The zero-order chi connectivity index (χ0) is 18.7. The molecule has 1 heterocycles. The molecule has 0 unspecified atom stereocenters. The van der Waals surface area contributed by atoms with E-state index in [2.05, 4.69) is 9.97 Å². The Labute approximate surface area is 151 Å². The van der Waals surface area contributed by atoms with Crippen LogP contribution in [-0.4, -0.2) is 35.8 Å². The van der Waals surface area contributed by atoms with Crippen molar-refractivity contribution in [2.45, 2.75) is 60.3 Å². The van der Waals surface area contributed by atoms with Gasteiger partial charge in [0.15, 0.2) is 0 Å². The molecule has 0 fully saturated rings. The highest BCUT2D eigenvalue weighted by atomic mass is 16.5. The summed E-state index contributed by atoms with van der Waals surface area (Å²) < 4.78 is 16.2. The van der Waals surface area contributed by atoms with Gasteiger partial charge in [-0.25, -0.2) is 4.98 Å². The fourth-order valence-corrected chi connectivity index (χ4v) is 1.93. The predicted molar refractivity (Wildman–Crippen MR) is 96.7 cm³/mol. The Kier molecular flexibility index (Phi) is 9.24. The van der Waals surface area contributed by atoms with Crippen LogP contribution in [0.25, 0.3) is 0 Å². The Hall–Kier alpha value is -1.85. The van der Waals surface area contributed by atoms with Crippen molar-refractivity contribution in [2.75, 3.05) is 19.8 Å². The van der Waals surface area contributed by atoms with Gasteiger partial charge in [-0.1, -0.05) is 13.8 Å². The molecule has 0 atom stereocenters. The zero-order valence-electron chi connectivity index (χ0n) is 16.2. The maximum Gasteiger partial charge on any atom is 0.319 e.